The van der Waals surface area contributed by atoms with Gasteiger partial charge in [0, 0.05) is 50.8 Å². The van der Waals surface area contributed by atoms with Crippen molar-refractivity contribution in [3.05, 3.63) is 64.2 Å². The summed E-state index contributed by atoms with van der Waals surface area (Å²) in [5, 5.41) is 23.4. The van der Waals surface area contributed by atoms with Crippen molar-refractivity contribution in [3.63, 3.8) is 0 Å². The molecule has 2 aromatic carbocycles. The van der Waals surface area contributed by atoms with Crippen molar-refractivity contribution >= 4 is 28.9 Å². The number of carbonyl (C=O) groups excluding carboxylic acids is 1. The molecule has 0 fully saturated rings. The van der Waals surface area contributed by atoms with E-state index in [4.69, 9.17) is 0 Å². The van der Waals surface area contributed by atoms with Crippen LogP contribution in [0.15, 0.2) is 53.5 Å². The van der Waals surface area contributed by atoms with Gasteiger partial charge in [0.2, 0.25) is 5.91 Å². The number of nitrogens with zero attached hydrogens (tertiary/aromatic N) is 2. The predicted molar refractivity (Wildman–Crippen MR) is 113 cm³/mol. The van der Waals surface area contributed by atoms with Crippen LogP contribution in [0.3, 0.4) is 0 Å². The summed E-state index contributed by atoms with van der Waals surface area (Å²) in [4.78, 5) is 26.8. The van der Waals surface area contributed by atoms with Gasteiger partial charge < -0.3 is 21.3 Å². The van der Waals surface area contributed by atoms with E-state index in [-0.39, 0.29) is 17.5 Å². The minimum atomic E-state index is -0.408. The number of anilines is 2. The summed E-state index contributed by atoms with van der Waals surface area (Å²) >= 11 is 0. The molecular weight excluding hydrogens is 372 g/mol. The molecule has 1 unspecified atom stereocenters. The highest BCUT2D eigenvalue weighted by atomic mass is 16.6. The molecule has 4 N–H and O–H groups in total. The quantitative estimate of drug-likeness (QED) is 0.187. The second-order valence-corrected chi connectivity index (χ2v) is 6.62. The summed E-state index contributed by atoms with van der Waals surface area (Å²) in [6.45, 7) is 1.58. The Labute approximate surface area is 168 Å². The number of benzene rings is 2. The van der Waals surface area contributed by atoms with Gasteiger partial charge in [0.05, 0.1) is 4.92 Å². The van der Waals surface area contributed by atoms with Crippen LogP contribution < -0.4 is 21.3 Å². The molecule has 0 bridgehead atoms. The molecule has 9 nitrogen and oxygen atoms in total. The number of rotatable bonds is 7. The van der Waals surface area contributed by atoms with E-state index in [1.54, 1.807) is 25.2 Å². The normalized spacial score (nSPS) is 15.8. The maximum Gasteiger partial charge on any atom is 0.292 e. The Balaban J connectivity index is 1.48. The molecule has 0 radical (unpaired) electrons. The van der Waals surface area contributed by atoms with Gasteiger partial charge in [-0.1, -0.05) is 30.3 Å². The number of amides is 1. The first-order valence-corrected chi connectivity index (χ1v) is 9.39. The molecule has 3 rings (SSSR count). The number of hydrogen-bond acceptors (Lipinski definition) is 5. The monoisotopic (exact) mass is 396 g/mol. The summed E-state index contributed by atoms with van der Waals surface area (Å²) < 4.78 is 0. The molecule has 9 heteroatoms. The number of nitro benzene ring substituents is 1. The zero-order valence-electron chi connectivity index (χ0n) is 16.1. The number of carbonyl (C=O) groups is 1. The lowest BCUT2D eigenvalue weighted by molar-refractivity contribution is -0.384. The number of guanidine groups is 1. The van der Waals surface area contributed by atoms with Crippen molar-refractivity contribution in [3.8, 4) is 0 Å². The maximum absolute atomic E-state index is 11.9. The highest BCUT2D eigenvalue weighted by molar-refractivity contribution is 5.94. The van der Waals surface area contributed by atoms with E-state index in [1.165, 1.54) is 6.07 Å². The van der Waals surface area contributed by atoms with Crippen molar-refractivity contribution in [1.29, 1.82) is 0 Å². The third kappa shape index (κ3) is 5.22. The topological polar surface area (TPSA) is 121 Å². The van der Waals surface area contributed by atoms with E-state index in [2.05, 4.69) is 26.3 Å². The number of hydrogen-bond donors (Lipinski definition) is 4. The van der Waals surface area contributed by atoms with E-state index < -0.39 is 4.92 Å². The molecule has 0 saturated heterocycles. The standard InChI is InChI=1S/C20H24N6O3/c1-21-20(23-11-10-22-17-8-4-5-9-18(17)26(28)29)24-13-14-12-19(27)25-16-7-3-2-6-15(14)16/h2-9,14,22H,10-13H2,1H3,(H,25,27)(H2,21,23,24). The first kappa shape index (κ1) is 20.1. The van der Waals surface area contributed by atoms with Crippen LogP contribution in [-0.4, -0.2) is 43.5 Å². The smallest absolute Gasteiger partial charge is 0.292 e. The summed E-state index contributed by atoms with van der Waals surface area (Å²) in [5.74, 6) is 0.675. The van der Waals surface area contributed by atoms with Gasteiger partial charge in [0.1, 0.15) is 5.69 Å². The maximum atomic E-state index is 11.9. The van der Waals surface area contributed by atoms with Gasteiger partial charge in [-0.25, -0.2) is 0 Å². The van der Waals surface area contributed by atoms with Gasteiger partial charge >= 0.3 is 0 Å². The molecule has 0 spiro atoms. The van der Waals surface area contributed by atoms with Gasteiger partial charge in [0.15, 0.2) is 5.96 Å². The lowest BCUT2D eigenvalue weighted by atomic mass is 9.90. The number of para-hydroxylation sites is 3. The van der Waals surface area contributed by atoms with Crippen LogP contribution in [0.2, 0.25) is 0 Å². The Bertz CT molecular complexity index is 915. The van der Waals surface area contributed by atoms with Gasteiger partial charge in [-0.05, 0) is 17.7 Å². The molecule has 1 heterocycles. The van der Waals surface area contributed by atoms with E-state index in [9.17, 15) is 14.9 Å². The Morgan fingerprint density at radius 2 is 1.93 bits per heavy atom. The van der Waals surface area contributed by atoms with Crippen molar-refractivity contribution in [2.75, 3.05) is 37.3 Å². The number of aliphatic imine (C=N–C) groups is 1. The van der Waals surface area contributed by atoms with Crippen LogP contribution in [0, 0.1) is 10.1 Å². The lowest BCUT2D eigenvalue weighted by Crippen LogP contribution is -2.42. The van der Waals surface area contributed by atoms with E-state index in [1.807, 2.05) is 24.3 Å². The molecule has 2 aromatic rings. The van der Waals surface area contributed by atoms with Crippen LogP contribution in [0.4, 0.5) is 17.1 Å². The van der Waals surface area contributed by atoms with Crippen molar-refractivity contribution in [2.45, 2.75) is 12.3 Å². The highest BCUT2D eigenvalue weighted by Gasteiger charge is 2.24. The van der Waals surface area contributed by atoms with Crippen LogP contribution in [-0.2, 0) is 4.79 Å². The summed E-state index contributed by atoms with van der Waals surface area (Å²) in [6.07, 6.45) is 0.417. The Kier molecular flexibility index (Phi) is 6.62. The van der Waals surface area contributed by atoms with Crippen LogP contribution >= 0.6 is 0 Å². The number of fused-ring (bicyclic) bond motifs is 1. The predicted octanol–water partition coefficient (Wildman–Crippen LogP) is 2.30. The third-order valence-corrected chi connectivity index (χ3v) is 4.68. The van der Waals surface area contributed by atoms with Gasteiger partial charge in [-0.2, -0.15) is 0 Å². The number of nitrogens with one attached hydrogen (secondary N) is 4. The minimum Gasteiger partial charge on any atom is -0.378 e. The summed E-state index contributed by atoms with van der Waals surface area (Å²) in [6, 6.07) is 14.3. The second kappa shape index (κ2) is 9.54. The zero-order valence-corrected chi connectivity index (χ0v) is 16.1. The zero-order chi connectivity index (χ0) is 20.6. The van der Waals surface area contributed by atoms with Gasteiger partial charge in [-0.15, -0.1) is 0 Å². The molecular formula is C20H24N6O3. The van der Waals surface area contributed by atoms with Crippen LogP contribution in [0.1, 0.15) is 17.9 Å². The lowest BCUT2D eigenvalue weighted by Gasteiger charge is -2.26. The highest BCUT2D eigenvalue weighted by Crippen LogP contribution is 2.31. The minimum absolute atomic E-state index is 0.00658. The SMILES string of the molecule is CN=C(NCCNc1ccccc1[N+](=O)[O-])NCC1CC(=O)Nc2ccccc21. The molecule has 1 aliphatic heterocycles. The molecule has 1 amide bonds. The van der Waals surface area contributed by atoms with Crippen molar-refractivity contribution < 1.29 is 9.72 Å². The molecule has 1 atom stereocenters. The molecule has 152 valence electrons. The first-order valence-electron chi connectivity index (χ1n) is 9.39. The summed E-state index contributed by atoms with van der Waals surface area (Å²) in [5.41, 5.74) is 2.48. The first-order chi connectivity index (χ1) is 14.1. The summed E-state index contributed by atoms with van der Waals surface area (Å²) in [7, 11) is 1.67. The molecule has 0 aliphatic carbocycles. The number of nitro groups is 1. The average molecular weight is 396 g/mol. The fourth-order valence-electron chi connectivity index (χ4n) is 3.28. The van der Waals surface area contributed by atoms with E-state index >= 15 is 0 Å². The second-order valence-electron chi connectivity index (χ2n) is 6.62. The van der Waals surface area contributed by atoms with Crippen LogP contribution in [0.5, 0.6) is 0 Å². The van der Waals surface area contributed by atoms with E-state index in [0.717, 1.165) is 11.3 Å². The van der Waals surface area contributed by atoms with E-state index in [0.29, 0.717) is 37.7 Å². The van der Waals surface area contributed by atoms with Crippen molar-refractivity contribution in [1.82, 2.24) is 10.6 Å². The average Bonchev–Trinajstić information content (AvgIpc) is 2.73. The fraction of sp³-hybridized carbons (Fsp3) is 0.300. The molecule has 0 aromatic heterocycles. The van der Waals surface area contributed by atoms with Gasteiger partial charge in [-0.3, -0.25) is 19.9 Å². The Hall–Kier alpha value is -3.62. The third-order valence-electron chi connectivity index (χ3n) is 4.68. The molecule has 1 aliphatic rings. The largest absolute Gasteiger partial charge is 0.378 e. The Morgan fingerprint density at radius 3 is 2.72 bits per heavy atom. The Morgan fingerprint density at radius 1 is 1.17 bits per heavy atom. The molecule has 29 heavy (non-hydrogen) atoms. The molecule has 0 saturated carbocycles. The fourth-order valence-corrected chi connectivity index (χ4v) is 3.28. The van der Waals surface area contributed by atoms with Gasteiger partial charge in [0.25, 0.3) is 5.69 Å². The van der Waals surface area contributed by atoms with Crippen LogP contribution in [0.25, 0.3) is 0 Å². The van der Waals surface area contributed by atoms with Crippen molar-refractivity contribution in [2.24, 2.45) is 4.99 Å².